The first-order valence-corrected chi connectivity index (χ1v) is 7.40. The lowest BCUT2D eigenvalue weighted by molar-refractivity contribution is 0.103. The summed E-state index contributed by atoms with van der Waals surface area (Å²) in [6.45, 7) is 1.90. The SMILES string of the molecule is Cc1cnc(NC(=O)c2sc3cccc(F)c3c2N)s1. The van der Waals surface area contributed by atoms with Crippen molar-refractivity contribution in [1.82, 2.24) is 4.98 Å². The Bertz CT molecular complexity index is 809. The minimum Gasteiger partial charge on any atom is -0.397 e. The normalized spacial score (nSPS) is 10.9. The maximum Gasteiger partial charge on any atom is 0.269 e. The van der Waals surface area contributed by atoms with Crippen LogP contribution in [0.3, 0.4) is 0 Å². The maximum absolute atomic E-state index is 13.7. The minimum absolute atomic E-state index is 0.175. The quantitative estimate of drug-likeness (QED) is 0.759. The van der Waals surface area contributed by atoms with Gasteiger partial charge in [-0.15, -0.1) is 22.7 Å². The number of benzene rings is 1. The number of nitrogens with one attached hydrogen (secondary N) is 1. The molecule has 0 radical (unpaired) electrons. The van der Waals surface area contributed by atoms with Crippen LogP contribution in [0.5, 0.6) is 0 Å². The third-order valence-electron chi connectivity index (χ3n) is 2.75. The summed E-state index contributed by atoms with van der Waals surface area (Å²) in [5.74, 6) is -0.780. The van der Waals surface area contributed by atoms with Crippen LogP contribution in [0.15, 0.2) is 24.4 Å². The number of fused-ring (bicyclic) bond motifs is 1. The predicted octanol–water partition coefficient (Wildman–Crippen LogP) is 3.64. The third kappa shape index (κ3) is 2.14. The van der Waals surface area contributed by atoms with E-state index in [0.29, 0.717) is 20.1 Å². The number of hydrogen-bond donors (Lipinski definition) is 2. The summed E-state index contributed by atoms with van der Waals surface area (Å²) in [6.07, 6.45) is 1.67. The smallest absolute Gasteiger partial charge is 0.269 e. The van der Waals surface area contributed by atoms with Crippen molar-refractivity contribution in [3.05, 3.63) is 40.0 Å². The highest BCUT2D eigenvalue weighted by molar-refractivity contribution is 7.22. The fourth-order valence-corrected chi connectivity index (χ4v) is 3.56. The number of carbonyl (C=O) groups is 1. The van der Waals surface area contributed by atoms with Gasteiger partial charge in [0.05, 0.1) is 11.1 Å². The largest absolute Gasteiger partial charge is 0.397 e. The Kier molecular flexibility index (Phi) is 3.15. The summed E-state index contributed by atoms with van der Waals surface area (Å²) in [6, 6.07) is 4.67. The van der Waals surface area contributed by atoms with Crippen molar-refractivity contribution < 1.29 is 9.18 Å². The second-order valence-corrected chi connectivity index (χ2v) is 6.47. The van der Waals surface area contributed by atoms with Crippen LogP contribution in [0.25, 0.3) is 10.1 Å². The van der Waals surface area contributed by atoms with E-state index in [1.165, 1.54) is 28.7 Å². The topological polar surface area (TPSA) is 68.0 Å². The van der Waals surface area contributed by atoms with Crippen LogP contribution >= 0.6 is 22.7 Å². The Hall–Kier alpha value is -1.99. The van der Waals surface area contributed by atoms with E-state index in [2.05, 4.69) is 10.3 Å². The summed E-state index contributed by atoms with van der Waals surface area (Å²) in [5.41, 5.74) is 6.07. The number of nitrogen functional groups attached to an aromatic ring is 1. The molecule has 2 heterocycles. The van der Waals surface area contributed by atoms with E-state index in [-0.39, 0.29) is 11.6 Å². The maximum atomic E-state index is 13.7. The summed E-state index contributed by atoms with van der Waals surface area (Å²) in [4.78, 5) is 17.5. The Morgan fingerprint density at radius 1 is 1.40 bits per heavy atom. The number of nitrogens with two attached hydrogens (primary N) is 1. The van der Waals surface area contributed by atoms with Crippen LogP contribution < -0.4 is 11.1 Å². The molecule has 7 heteroatoms. The molecule has 0 aliphatic heterocycles. The van der Waals surface area contributed by atoms with Crippen molar-refractivity contribution in [2.24, 2.45) is 0 Å². The molecule has 20 heavy (non-hydrogen) atoms. The van der Waals surface area contributed by atoms with Crippen molar-refractivity contribution in [2.75, 3.05) is 11.1 Å². The van der Waals surface area contributed by atoms with Crippen LogP contribution in [0.4, 0.5) is 15.2 Å². The average Bonchev–Trinajstić information content (AvgIpc) is 2.95. The molecule has 0 spiro atoms. The van der Waals surface area contributed by atoms with Crippen molar-refractivity contribution in [1.29, 1.82) is 0 Å². The first kappa shape index (κ1) is 13.0. The molecule has 0 saturated carbocycles. The lowest BCUT2D eigenvalue weighted by Gasteiger charge is -2.00. The van der Waals surface area contributed by atoms with Crippen LogP contribution in [-0.4, -0.2) is 10.9 Å². The summed E-state index contributed by atoms with van der Waals surface area (Å²) < 4.78 is 14.4. The second-order valence-electron chi connectivity index (χ2n) is 4.19. The number of halogens is 1. The van der Waals surface area contributed by atoms with Gasteiger partial charge in [0.2, 0.25) is 0 Å². The van der Waals surface area contributed by atoms with Crippen LogP contribution in [-0.2, 0) is 0 Å². The zero-order valence-corrected chi connectivity index (χ0v) is 12.1. The van der Waals surface area contributed by atoms with E-state index >= 15 is 0 Å². The molecule has 3 N–H and O–H groups in total. The van der Waals surface area contributed by atoms with E-state index in [0.717, 1.165) is 4.88 Å². The number of aryl methyl sites for hydroxylation is 1. The van der Waals surface area contributed by atoms with Gasteiger partial charge in [0.1, 0.15) is 10.7 Å². The molecular weight excluding hydrogens is 297 g/mol. The van der Waals surface area contributed by atoms with Gasteiger partial charge in [-0.3, -0.25) is 10.1 Å². The molecule has 0 atom stereocenters. The van der Waals surface area contributed by atoms with Crippen LogP contribution in [0.1, 0.15) is 14.5 Å². The second kappa shape index (κ2) is 4.84. The van der Waals surface area contributed by atoms with Crippen molar-refractivity contribution in [3.63, 3.8) is 0 Å². The molecule has 0 saturated heterocycles. The number of anilines is 2. The molecule has 3 rings (SSSR count). The molecule has 0 bridgehead atoms. The molecule has 2 aromatic heterocycles. The van der Waals surface area contributed by atoms with Crippen LogP contribution in [0.2, 0.25) is 0 Å². The molecule has 1 amide bonds. The first-order valence-electron chi connectivity index (χ1n) is 5.76. The van der Waals surface area contributed by atoms with Gasteiger partial charge in [0.25, 0.3) is 5.91 Å². The Morgan fingerprint density at radius 2 is 2.20 bits per heavy atom. The van der Waals surface area contributed by atoms with Crippen molar-refractivity contribution >= 4 is 49.5 Å². The molecule has 0 fully saturated rings. The van der Waals surface area contributed by atoms with Crippen molar-refractivity contribution in [3.8, 4) is 0 Å². The molecule has 102 valence electrons. The Balaban J connectivity index is 1.99. The average molecular weight is 307 g/mol. The fraction of sp³-hybridized carbons (Fsp3) is 0.0769. The lowest BCUT2D eigenvalue weighted by Crippen LogP contribution is -2.11. The van der Waals surface area contributed by atoms with Gasteiger partial charge in [0.15, 0.2) is 5.13 Å². The fourth-order valence-electron chi connectivity index (χ4n) is 1.86. The van der Waals surface area contributed by atoms with Gasteiger partial charge >= 0.3 is 0 Å². The van der Waals surface area contributed by atoms with Gasteiger partial charge in [-0.2, -0.15) is 0 Å². The highest BCUT2D eigenvalue weighted by Gasteiger charge is 2.19. The van der Waals surface area contributed by atoms with E-state index in [1.807, 2.05) is 6.92 Å². The molecule has 0 aliphatic rings. The minimum atomic E-state index is -0.416. The van der Waals surface area contributed by atoms with Crippen LogP contribution in [0, 0.1) is 12.7 Å². The molecular formula is C13H10FN3OS2. The number of thiazole rings is 1. The molecule has 3 aromatic rings. The predicted molar refractivity (Wildman–Crippen MR) is 81.0 cm³/mol. The first-order chi connectivity index (χ1) is 9.56. The third-order valence-corrected chi connectivity index (χ3v) is 4.75. The number of hydrogen-bond acceptors (Lipinski definition) is 5. The number of aromatic nitrogens is 1. The number of rotatable bonds is 2. The van der Waals surface area contributed by atoms with Gasteiger partial charge in [-0.1, -0.05) is 6.07 Å². The van der Waals surface area contributed by atoms with Gasteiger partial charge in [-0.25, -0.2) is 9.37 Å². The number of nitrogens with zero attached hydrogens (tertiary/aromatic N) is 1. The van der Waals surface area contributed by atoms with E-state index in [4.69, 9.17) is 5.73 Å². The van der Waals surface area contributed by atoms with E-state index in [9.17, 15) is 9.18 Å². The monoisotopic (exact) mass is 307 g/mol. The van der Waals surface area contributed by atoms with E-state index < -0.39 is 5.82 Å². The molecule has 4 nitrogen and oxygen atoms in total. The summed E-state index contributed by atoms with van der Waals surface area (Å²) in [5, 5.41) is 3.48. The molecule has 1 aromatic carbocycles. The zero-order valence-electron chi connectivity index (χ0n) is 10.4. The summed E-state index contributed by atoms with van der Waals surface area (Å²) >= 11 is 2.55. The number of amides is 1. The summed E-state index contributed by atoms with van der Waals surface area (Å²) in [7, 11) is 0. The molecule has 0 aliphatic carbocycles. The van der Waals surface area contributed by atoms with Gasteiger partial charge in [0, 0.05) is 15.8 Å². The van der Waals surface area contributed by atoms with Gasteiger partial charge in [-0.05, 0) is 19.1 Å². The van der Waals surface area contributed by atoms with E-state index in [1.54, 1.807) is 18.3 Å². The van der Waals surface area contributed by atoms with Gasteiger partial charge < -0.3 is 5.73 Å². The zero-order chi connectivity index (χ0) is 14.3. The standard InChI is InChI=1S/C13H10FN3OS2/c1-6-5-16-13(19-6)17-12(18)11-10(15)9-7(14)3-2-4-8(9)20-11/h2-5H,15H2,1H3,(H,16,17,18). The number of thiophene rings is 1. The van der Waals surface area contributed by atoms with Crippen molar-refractivity contribution in [2.45, 2.75) is 6.92 Å². The highest BCUT2D eigenvalue weighted by atomic mass is 32.1. The molecule has 0 unspecified atom stereocenters. The Labute approximate surface area is 122 Å². The number of carbonyl (C=O) groups excluding carboxylic acids is 1. The lowest BCUT2D eigenvalue weighted by atomic mass is 10.2. The Morgan fingerprint density at radius 3 is 2.85 bits per heavy atom. The highest BCUT2D eigenvalue weighted by Crippen LogP contribution is 2.35.